The Bertz CT molecular complexity index is 5300. The average molecular weight is 1680 g/mol. The van der Waals surface area contributed by atoms with Crippen LogP contribution < -0.4 is 28.4 Å². The van der Waals surface area contributed by atoms with E-state index in [1.54, 1.807) is 92.5 Å². The first-order chi connectivity index (χ1) is 53.9. The summed E-state index contributed by atoms with van der Waals surface area (Å²) in [6, 6.07) is 41.7. The summed E-state index contributed by atoms with van der Waals surface area (Å²) >= 11 is 21.0. The van der Waals surface area contributed by atoms with E-state index in [1.165, 1.54) is 84.9 Å². The highest BCUT2D eigenvalue weighted by Crippen LogP contribution is 2.42. The van der Waals surface area contributed by atoms with Crippen LogP contribution in [-0.4, -0.2) is 241 Å². The Balaban J connectivity index is 0.000000133. The van der Waals surface area contributed by atoms with Crippen molar-refractivity contribution in [3.05, 3.63) is 173 Å². The Morgan fingerprint density at radius 2 is 0.768 bits per heavy atom. The van der Waals surface area contributed by atoms with Crippen molar-refractivity contribution in [3.8, 4) is 34.5 Å². The van der Waals surface area contributed by atoms with Gasteiger partial charge in [0, 0.05) is 144 Å². The van der Waals surface area contributed by atoms with Crippen molar-refractivity contribution in [2.75, 3.05) is 157 Å². The maximum absolute atomic E-state index is 12.6. The lowest BCUT2D eigenvalue weighted by molar-refractivity contribution is 0.0306. The minimum absolute atomic E-state index is 0.00823. The van der Waals surface area contributed by atoms with Gasteiger partial charge in [-0.25, -0.2) is 4.79 Å². The van der Waals surface area contributed by atoms with E-state index in [1.807, 2.05) is 126 Å². The van der Waals surface area contributed by atoms with E-state index in [0.29, 0.717) is 81.4 Å². The van der Waals surface area contributed by atoms with Crippen LogP contribution in [-0.2, 0) is 28.4 Å². The molecule has 4 aliphatic rings. The van der Waals surface area contributed by atoms with Crippen LogP contribution in [0.1, 0.15) is 58.0 Å². The topological polar surface area (TPSA) is 260 Å². The molecule has 1 N–H and O–H groups in total. The van der Waals surface area contributed by atoms with E-state index in [2.05, 4.69) is 0 Å². The van der Waals surface area contributed by atoms with Gasteiger partial charge in [-0.1, -0.05) is 47.5 Å². The van der Waals surface area contributed by atoms with Crippen molar-refractivity contribution in [2.24, 2.45) is 0 Å². The van der Waals surface area contributed by atoms with Crippen molar-refractivity contribution in [2.45, 2.75) is 18.3 Å². The highest BCUT2D eigenvalue weighted by Gasteiger charge is 2.28. The van der Waals surface area contributed by atoms with Crippen LogP contribution in [0.4, 0.5) is 0 Å². The number of carbonyl (C=O) groups is 6. The number of methoxy groups -OCH3 is 3. The third kappa shape index (κ3) is 21.9. The molecule has 0 bridgehead atoms. The lowest BCUT2D eigenvalue weighted by atomic mass is 10.2. The molecule has 0 saturated carbocycles. The van der Waals surface area contributed by atoms with Gasteiger partial charge in [-0.15, -0.1) is 68.0 Å². The summed E-state index contributed by atoms with van der Waals surface area (Å²) in [7, 11) is 18.6. The molecule has 0 unspecified atom stereocenters. The summed E-state index contributed by atoms with van der Waals surface area (Å²) in [6.07, 6.45) is 0.684. The number of morpholine rings is 1. The molecule has 6 aromatic heterocycles. The number of halogens is 2. The molecule has 3 atom stereocenters. The standard InChI is InChI=1S/C16H17NO4S.C14H14ClNO3S.C14H15NO3S.C13H15NO3S.C12H12ClNO2S.C11H10O4S/c18-16(17-4-6-19-7-5-17)15-8-12-13(21-10-11-9-20-11)2-1-3-14(12)22-15;1-16(2)14(17)13-12(15)10-4-3-8(5-11(10)20-13)18-6-9-7-19-9;1-15(2)14(16)13-6-10-11(18-8-9-7-17-9)4-3-5-12(10)19-13;1-14(2)13(15)12-7-9-10(17-8-16-3)5-4-6-11(9)18-12;1-14(2)12(15)11-10(13)8-5-4-7(16-3)6-9(8)17-11;1-14-6-15-8-3-2-4-9-7(8)5-10(16-9)11(12)13/h1-3,8,11H,4-7,9-10H2;3-5,9H,6-7H2,1-2H3;3-6,9H,7-8H2,1-2H3;4-7H,8H2,1-3H3;4-6H,1-3H3;2-5H,6H2,1H3,(H,12,13)/t11-;2*9-;;;/m010.../s1. The second-order valence-corrected chi connectivity index (χ2v) is 33.2. The van der Waals surface area contributed by atoms with Gasteiger partial charge in [-0.2, -0.15) is 0 Å². The number of rotatable bonds is 22. The molecule has 592 valence electrons. The predicted octanol–water partition coefficient (Wildman–Crippen LogP) is 16.0. The molecule has 5 amide bonds. The molecular formula is C80H83Cl2N5O19S6. The van der Waals surface area contributed by atoms with Crippen LogP contribution in [0, 0.1) is 0 Å². The number of carbonyl (C=O) groups excluding carboxylic acids is 5. The Labute approximate surface area is 680 Å². The van der Waals surface area contributed by atoms with Gasteiger partial charge in [-0.05, 0) is 109 Å². The molecule has 0 spiro atoms. The molecule has 4 saturated heterocycles. The van der Waals surface area contributed by atoms with Crippen molar-refractivity contribution in [3.63, 3.8) is 0 Å². The molecule has 4 fully saturated rings. The molecule has 0 radical (unpaired) electrons. The maximum atomic E-state index is 12.6. The number of epoxide rings is 3. The SMILES string of the molecule is CN(C)C(=O)c1cc2c(OC[C@@H]3CO3)cccc2s1.CN(C)C(=O)c1sc2cc(OC[C@@H]3CO3)ccc2c1Cl.COCOc1cccc2sc(C(=O)N(C)C)cc12.COCOc1cccc2sc(C(=O)O)cc12.COc1ccc2c(Cl)c(C(=O)N(C)C)sc2c1.O=C(c1cc2c(OC[C@@H]3CO3)cccc2s1)N1CCOCC1. The second-order valence-electron chi connectivity index (χ2n) is 26.0. The highest BCUT2D eigenvalue weighted by molar-refractivity contribution is 7.23. The Kier molecular flexibility index (Phi) is 29.4. The fourth-order valence-corrected chi connectivity index (χ4v) is 18.0. The van der Waals surface area contributed by atoms with Crippen molar-refractivity contribution < 1.29 is 90.7 Å². The number of hydrogen-bond acceptors (Lipinski definition) is 24. The van der Waals surface area contributed by atoms with Crippen LogP contribution in [0.5, 0.6) is 34.5 Å². The fourth-order valence-electron chi connectivity index (χ4n) is 10.7. The number of thiophene rings is 6. The maximum Gasteiger partial charge on any atom is 0.345 e. The van der Waals surface area contributed by atoms with E-state index in [0.717, 1.165) is 119 Å². The summed E-state index contributed by atoms with van der Waals surface area (Å²) in [5.41, 5.74) is 0. The van der Waals surface area contributed by atoms with Gasteiger partial charge in [0.15, 0.2) is 13.6 Å². The molecule has 32 heteroatoms. The third-order valence-corrected chi connectivity index (χ3v) is 24.5. The molecular weight excluding hydrogens is 1600 g/mol. The molecule has 16 rings (SSSR count). The zero-order valence-electron chi connectivity index (χ0n) is 63.2. The van der Waals surface area contributed by atoms with Crippen LogP contribution in [0.2, 0.25) is 10.0 Å². The third-order valence-electron chi connectivity index (χ3n) is 16.8. The van der Waals surface area contributed by atoms with Gasteiger partial charge in [0.05, 0.1) is 64.8 Å². The van der Waals surface area contributed by atoms with Crippen LogP contribution in [0.3, 0.4) is 0 Å². The minimum Gasteiger partial charge on any atom is -0.497 e. The zero-order valence-corrected chi connectivity index (χ0v) is 69.6. The van der Waals surface area contributed by atoms with E-state index in [4.69, 9.17) is 85.2 Å². The van der Waals surface area contributed by atoms with Gasteiger partial charge in [-0.3, -0.25) is 24.0 Å². The minimum atomic E-state index is -0.918. The van der Waals surface area contributed by atoms with Crippen LogP contribution in [0.25, 0.3) is 60.5 Å². The van der Waals surface area contributed by atoms with Gasteiger partial charge in [0.1, 0.15) is 87.3 Å². The van der Waals surface area contributed by atoms with Gasteiger partial charge in [0.25, 0.3) is 29.5 Å². The fraction of sp³-hybridized carbons (Fsp3) is 0.325. The van der Waals surface area contributed by atoms with Crippen molar-refractivity contribution in [1.82, 2.24) is 24.5 Å². The lowest BCUT2D eigenvalue weighted by Crippen LogP contribution is -2.40. The first kappa shape index (κ1) is 84.0. The predicted molar refractivity (Wildman–Crippen MR) is 444 cm³/mol. The van der Waals surface area contributed by atoms with Gasteiger partial charge < -0.3 is 86.4 Å². The van der Waals surface area contributed by atoms with Crippen molar-refractivity contribution in [1.29, 1.82) is 0 Å². The summed E-state index contributed by atoms with van der Waals surface area (Å²) in [5, 5.41) is 15.5. The number of benzene rings is 6. The van der Waals surface area contributed by atoms with Gasteiger partial charge in [0.2, 0.25) is 0 Å². The Morgan fingerprint density at radius 3 is 1.14 bits per heavy atom. The number of carboxylic acids is 1. The quantitative estimate of drug-likeness (QED) is 0.0488. The molecule has 10 heterocycles. The number of fused-ring (bicyclic) bond motifs is 6. The van der Waals surface area contributed by atoms with E-state index in [9.17, 15) is 28.8 Å². The monoisotopic (exact) mass is 1680 g/mol. The second kappa shape index (κ2) is 39.2. The first-order valence-corrected chi connectivity index (χ1v) is 40.6. The van der Waals surface area contributed by atoms with E-state index in [-0.39, 0.29) is 61.4 Å². The van der Waals surface area contributed by atoms with E-state index >= 15 is 0 Å². The summed E-state index contributed by atoms with van der Waals surface area (Å²) in [5.74, 6) is 3.61. The number of aromatic carboxylic acids is 1. The summed E-state index contributed by atoms with van der Waals surface area (Å²) in [4.78, 5) is 83.0. The molecule has 24 nitrogen and oxygen atoms in total. The lowest BCUT2D eigenvalue weighted by Gasteiger charge is -2.26. The van der Waals surface area contributed by atoms with Crippen LogP contribution >= 0.6 is 91.2 Å². The molecule has 4 aliphatic heterocycles. The number of nitrogens with zero attached hydrogens (tertiary/aromatic N) is 5. The smallest absolute Gasteiger partial charge is 0.345 e. The molecule has 6 aromatic carbocycles. The Hall–Kier alpha value is -8.96. The number of ether oxygens (including phenoxy) is 12. The highest BCUT2D eigenvalue weighted by atomic mass is 35.5. The normalized spacial score (nSPS) is 15.0. The average Bonchev–Trinajstić information content (AvgIpc) is 1.63. The summed E-state index contributed by atoms with van der Waals surface area (Å²) in [6.45, 7) is 6.95. The number of carboxylic acid groups (broad SMARTS) is 1. The molecule has 12 aromatic rings. The van der Waals surface area contributed by atoms with Gasteiger partial charge >= 0.3 is 5.97 Å². The Morgan fingerprint density at radius 1 is 0.420 bits per heavy atom. The number of amides is 5. The molecule has 0 aliphatic carbocycles. The van der Waals surface area contributed by atoms with Crippen LogP contribution in [0.15, 0.2) is 133 Å². The van der Waals surface area contributed by atoms with Crippen molar-refractivity contribution >= 4 is 187 Å². The summed E-state index contributed by atoms with van der Waals surface area (Å²) < 4.78 is 69.6. The number of hydrogen-bond donors (Lipinski definition) is 1. The zero-order chi connectivity index (χ0) is 79.9. The largest absolute Gasteiger partial charge is 0.497 e. The van der Waals surface area contributed by atoms with E-state index < -0.39 is 5.97 Å². The first-order valence-electron chi connectivity index (χ1n) is 34.9. The molecule has 112 heavy (non-hydrogen) atoms.